The molecule has 6 aromatic carbocycles. The van der Waals surface area contributed by atoms with Gasteiger partial charge in [0.05, 0.1) is 20.3 Å². The van der Waals surface area contributed by atoms with Gasteiger partial charge in [-0.05, 0) is 256 Å². The number of para-hydroxylation sites is 2. The van der Waals surface area contributed by atoms with Crippen molar-refractivity contribution in [2.45, 2.75) is 112 Å². The topological polar surface area (TPSA) is 349 Å². The molecule has 19 rings (SSSR count). The molecule has 135 heavy (non-hydrogen) atoms. The van der Waals surface area contributed by atoms with E-state index in [9.17, 15) is 68.2 Å². The third-order valence-electron chi connectivity index (χ3n) is 23.8. The van der Waals surface area contributed by atoms with Gasteiger partial charge in [-0.1, -0.05) is 151 Å². The highest BCUT2D eigenvalue weighted by molar-refractivity contribution is 5.92. The van der Waals surface area contributed by atoms with Crippen LogP contribution in [0, 0.1) is 46.3 Å². The van der Waals surface area contributed by atoms with Crippen LogP contribution in [0.4, 0.5) is 14.5 Å². The summed E-state index contributed by atoms with van der Waals surface area (Å²) in [5.74, 6) is -5.39. The number of morpholine rings is 1. The number of fused-ring (bicyclic) bond motifs is 6. The van der Waals surface area contributed by atoms with Crippen LogP contribution in [0.1, 0.15) is 158 Å². The van der Waals surface area contributed by atoms with Crippen molar-refractivity contribution < 1.29 is 77.7 Å². The van der Waals surface area contributed by atoms with Gasteiger partial charge in [-0.2, -0.15) is 0 Å². The number of imidazole rings is 6. The molecule has 0 saturated carbocycles. The summed E-state index contributed by atoms with van der Waals surface area (Å²) in [5, 5.41) is 57.1. The minimum atomic E-state index is -1.01. The number of aromatic nitrogens is 12. The first kappa shape index (κ1) is 94.8. The summed E-state index contributed by atoms with van der Waals surface area (Å²) in [7, 11) is 1.64. The number of methoxy groups -OCH3 is 1. The number of pyridine rings is 6. The lowest BCUT2D eigenvalue weighted by atomic mass is 9.98. The van der Waals surface area contributed by atoms with E-state index in [0.29, 0.717) is 131 Å². The van der Waals surface area contributed by atoms with Crippen molar-refractivity contribution in [1.82, 2.24) is 56.3 Å². The number of aryl methyl sites for hydroxylation is 17. The number of rotatable bonds is 26. The monoisotopic (exact) mass is 1820 g/mol. The fourth-order valence-electron chi connectivity index (χ4n) is 17.0. The lowest BCUT2D eigenvalue weighted by Crippen LogP contribution is -2.36. The Morgan fingerprint density at radius 3 is 0.926 bits per heavy atom. The maximum absolute atomic E-state index is 13.6. The van der Waals surface area contributed by atoms with Gasteiger partial charge >= 0.3 is 35.8 Å². The Balaban J connectivity index is 0.000000130. The number of anilines is 1. The summed E-state index contributed by atoms with van der Waals surface area (Å²) in [5.41, 5.74) is 23.1. The molecule has 6 N–H and O–H groups in total. The zero-order valence-electron chi connectivity index (χ0n) is 75.3. The van der Waals surface area contributed by atoms with Crippen molar-refractivity contribution in [2.24, 2.45) is 0 Å². The molecule has 1 fully saturated rings. The molecule has 1 aliphatic heterocycles. The van der Waals surface area contributed by atoms with Crippen molar-refractivity contribution in [3.05, 3.63) is 415 Å². The van der Waals surface area contributed by atoms with E-state index in [1.807, 2.05) is 84.9 Å². The number of aromatic carboxylic acids is 6. The van der Waals surface area contributed by atoms with Gasteiger partial charge in [0.1, 0.15) is 85.4 Å². The molecule has 1 aliphatic rings. The standard InChI is InChI=1S/C20H21N3O3.2C18H18N2O2.C17H15FN2O2.C17H16N2O3.C16H13FN2O2/c24-20(25)19-16(7-8-18-21-9-10-23(18)19)6-5-15-3-1-2-4-17(15)22-11-13-26-14-12-22;2*1-12-3-4-14(13(2)11-12)5-6-15-7-8-16-19-9-10-20(16)17(15)18(21)22;1-11-2-3-12(10-14(11)18)4-5-13-6-7-15-19-8-9-20(15)16(13)17(21)22;1-22-14-5-3-2-4-12(14)6-7-13-8-9-15-18-10-11-19(15)16(13)17(20)21;17-13-4-2-1-3-11(13)5-6-12-7-8-14-18-9-10-19(14)15(12)16(20)21/h1-4,7-10H,5-6,11-14H2,(H,24,25);2*3-4,7-11H,5-6H2,1-2H3,(H,21,22);2-3,6-10H,4-5H2,1H3,(H,21,22);2-5,8-11H,6-7H2,1H3,(H,20,21);1-4,7-10H,5-6H2,(H,20,21). The number of benzene rings is 6. The van der Waals surface area contributed by atoms with Gasteiger partial charge in [-0.25, -0.2) is 67.5 Å². The zero-order chi connectivity index (χ0) is 95.3. The molecular weight excluding hydrogens is 1720 g/mol. The first-order valence-electron chi connectivity index (χ1n) is 44.0. The molecule has 13 heterocycles. The van der Waals surface area contributed by atoms with Crippen LogP contribution in [-0.4, -0.2) is 156 Å². The van der Waals surface area contributed by atoms with E-state index >= 15 is 0 Å². The smallest absolute Gasteiger partial charge is 0.353 e. The molecule has 0 unspecified atom stereocenters. The SMILES string of the molecule is COc1ccccc1CCc1ccc2nccn2c1C(=O)O.Cc1ccc(CCc2ccc3nccn3c2C(=O)O)c(C)c1.Cc1ccc(CCc2ccc3nccn3c2C(=O)O)c(C)c1.Cc1ccc(CCc2ccc3nccn3c2C(=O)O)cc1F.O=C(O)c1c(CCc2ccccc2F)ccc2nccn12.O=C(O)c1c(CCc2ccccc2N2CCOCC2)ccc2nccn12. The van der Waals surface area contributed by atoms with E-state index in [1.165, 1.54) is 56.8 Å². The number of hydrogen-bond donors (Lipinski definition) is 6. The van der Waals surface area contributed by atoms with E-state index in [2.05, 4.69) is 117 Å². The van der Waals surface area contributed by atoms with E-state index in [1.54, 1.807) is 163 Å². The van der Waals surface area contributed by atoms with Gasteiger partial charge in [-0.15, -0.1) is 0 Å². The van der Waals surface area contributed by atoms with Crippen LogP contribution < -0.4 is 9.64 Å². The minimum absolute atomic E-state index is 0.182. The second-order valence-electron chi connectivity index (χ2n) is 32.6. The molecule has 18 aromatic rings. The molecule has 0 bridgehead atoms. The molecule has 12 aromatic heterocycles. The molecular formula is C106H101F2N13O14. The molecule has 1 saturated heterocycles. The predicted octanol–water partition coefficient (Wildman–Crippen LogP) is 18.6. The van der Waals surface area contributed by atoms with Crippen LogP contribution in [0.15, 0.2) is 275 Å². The Labute approximate surface area is 775 Å². The molecule has 0 aliphatic carbocycles. The van der Waals surface area contributed by atoms with E-state index < -0.39 is 35.8 Å². The molecule has 27 nitrogen and oxygen atoms in total. The fraction of sp³-hybridized carbons (Fsp3) is 0.208. The molecule has 0 radical (unpaired) electrons. The molecule has 0 atom stereocenters. The average Bonchev–Trinajstić information content (AvgIpc) is 1.69. The molecule has 688 valence electrons. The van der Waals surface area contributed by atoms with Crippen molar-refractivity contribution in [1.29, 1.82) is 0 Å². The van der Waals surface area contributed by atoms with Gasteiger partial charge < -0.3 is 45.0 Å². The third kappa shape index (κ3) is 23.0. The Morgan fingerprint density at radius 1 is 0.304 bits per heavy atom. The van der Waals surface area contributed by atoms with Gasteiger partial charge in [-0.3, -0.25) is 26.4 Å². The lowest BCUT2D eigenvalue weighted by molar-refractivity contribution is 0.0676. The Morgan fingerprint density at radius 2 is 0.593 bits per heavy atom. The summed E-state index contributed by atoms with van der Waals surface area (Å²) in [6.07, 6.45) is 27.4. The number of carboxylic acids is 6. The van der Waals surface area contributed by atoms with Crippen molar-refractivity contribution >= 4 is 75.4 Å². The van der Waals surface area contributed by atoms with Crippen molar-refractivity contribution in [3.63, 3.8) is 0 Å². The largest absolute Gasteiger partial charge is 0.496 e. The molecule has 29 heteroatoms. The van der Waals surface area contributed by atoms with E-state index in [0.717, 1.165) is 84.7 Å². The number of hydrogen-bond acceptors (Lipinski definition) is 15. The Bertz CT molecular complexity index is 7200. The van der Waals surface area contributed by atoms with Crippen LogP contribution in [0.3, 0.4) is 0 Å². The van der Waals surface area contributed by atoms with Crippen LogP contribution in [0.2, 0.25) is 0 Å². The zero-order valence-corrected chi connectivity index (χ0v) is 75.3. The first-order valence-corrected chi connectivity index (χ1v) is 44.0. The van der Waals surface area contributed by atoms with Crippen molar-refractivity contribution in [2.75, 3.05) is 38.3 Å². The van der Waals surface area contributed by atoms with Gasteiger partial charge in [0, 0.05) is 93.1 Å². The number of nitrogens with zero attached hydrogens (tertiary/aromatic N) is 13. The predicted molar refractivity (Wildman–Crippen MR) is 509 cm³/mol. The third-order valence-corrected chi connectivity index (χ3v) is 23.8. The highest BCUT2D eigenvalue weighted by atomic mass is 19.1. The maximum Gasteiger partial charge on any atom is 0.353 e. The summed E-state index contributed by atoms with van der Waals surface area (Å²) in [4.78, 5) is 96.7. The quantitative estimate of drug-likeness (QED) is 0.0293. The fourth-order valence-corrected chi connectivity index (χ4v) is 17.0. The van der Waals surface area contributed by atoms with Crippen LogP contribution >= 0.6 is 0 Å². The molecule has 0 amide bonds. The van der Waals surface area contributed by atoms with Crippen LogP contribution in [0.25, 0.3) is 33.9 Å². The number of carbonyl (C=O) groups is 6. The lowest BCUT2D eigenvalue weighted by Gasteiger charge is -2.30. The maximum atomic E-state index is 13.6. The summed E-state index contributed by atoms with van der Waals surface area (Å²) in [6.45, 7) is 13.3. The summed E-state index contributed by atoms with van der Waals surface area (Å²) >= 11 is 0. The molecule has 0 spiro atoms. The highest BCUT2D eigenvalue weighted by Crippen LogP contribution is 2.29. The Kier molecular flexibility index (Phi) is 31.0. The minimum Gasteiger partial charge on any atom is -0.496 e. The van der Waals surface area contributed by atoms with Crippen molar-refractivity contribution in [3.8, 4) is 5.75 Å². The first-order chi connectivity index (χ1) is 65.3. The number of ether oxygens (including phenoxy) is 2. The highest BCUT2D eigenvalue weighted by Gasteiger charge is 2.24. The normalized spacial score (nSPS) is 11.7. The van der Waals surface area contributed by atoms with Gasteiger partial charge in [0.25, 0.3) is 0 Å². The van der Waals surface area contributed by atoms with Gasteiger partial charge in [0.2, 0.25) is 0 Å². The van der Waals surface area contributed by atoms with E-state index in [4.69, 9.17) is 9.47 Å². The van der Waals surface area contributed by atoms with Gasteiger partial charge in [0.15, 0.2) is 0 Å². The Hall–Kier alpha value is -16.3. The summed E-state index contributed by atoms with van der Waals surface area (Å²) < 4.78 is 47.6. The average molecular weight is 1820 g/mol. The van der Waals surface area contributed by atoms with E-state index in [-0.39, 0.29) is 28.7 Å². The second-order valence-corrected chi connectivity index (χ2v) is 32.6. The number of carboxylic acid groups (broad SMARTS) is 6. The number of halogens is 2. The van der Waals surface area contributed by atoms with Crippen LogP contribution in [0.5, 0.6) is 5.75 Å². The summed E-state index contributed by atoms with van der Waals surface area (Å²) in [6, 6.07) is 62.5. The van der Waals surface area contributed by atoms with Crippen LogP contribution in [-0.2, 0) is 81.8 Å². The second kappa shape index (κ2) is 44.1.